The van der Waals surface area contributed by atoms with Crippen LogP contribution in [0, 0.1) is 0 Å². The standard InChI is InChI=1S/C13H21NOTe/c1-13(2,15)10-16-12-8-6-5-7-11(12)9-14(3)4/h5-8,15H,9-10H2,1-4H3. The van der Waals surface area contributed by atoms with Gasteiger partial charge < -0.3 is 0 Å². The molecule has 0 aliphatic heterocycles. The van der Waals surface area contributed by atoms with Gasteiger partial charge in [0.15, 0.2) is 0 Å². The summed E-state index contributed by atoms with van der Waals surface area (Å²) in [5.74, 6) is 0. The zero-order chi connectivity index (χ0) is 12.2. The maximum atomic E-state index is 9.77. The first kappa shape index (κ1) is 14.0. The van der Waals surface area contributed by atoms with Crippen molar-refractivity contribution in [3.8, 4) is 0 Å². The fourth-order valence-corrected chi connectivity index (χ4v) is 4.23. The molecule has 1 aromatic rings. The van der Waals surface area contributed by atoms with Gasteiger partial charge in [-0.2, -0.15) is 0 Å². The van der Waals surface area contributed by atoms with Crippen LogP contribution in [-0.2, 0) is 6.54 Å². The number of hydrogen-bond acceptors (Lipinski definition) is 2. The van der Waals surface area contributed by atoms with Crippen LogP contribution in [0.2, 0.25) is 4.47 Å². The quantitative estimate of drug-likeness (QED) is 0.820. The van der Waals surface area contributed by atoms with E-state index in [0.29, 0.717) is 0 Å². The van der Waals surface area contributed by atoms with Crippen LogP contribution in [0.15, 0.2) is 24.3 Å². The Bertz CT molecular complexity index is 331. The molecule has 1 aromatic carbocycles. The Hall–Kier alpha value is -0.0704. The van der Waals surface area contributed by atoms with Crippen LogP contribution in [-0.4, -0.2) is 50.6 Å². The molecule has 1 rings (SSSR count). The van der Waals surface area contributed by atoms with E-state index in [4.69, 9.17) is 0 Å². The third-order valence-electron chi connectivity index (χ3n) is 2.04. The zero-order valence-electron chi connectivity index (χ0n) is 10.5. The fourth-order valence-electron chi connectivity index (χ4n) is 1.37. The average molecular weight is 335 g/mol. The normalized spacial score (nSPS) is 12.1. The molecule has 0 fully saturated rings. The molecule has 0 saturated heterocycles. The van der Waals surface area contributed by atoms with Gasteiger partial charge in [-0.25, -0.2) is 0 Å². The fraction of sp³-hybridized carbons (Fsp3) is 0.538. The molecule has 0 aliphatic rings. The van der Waals surface area contributed by atoms with Crippen molar-refractivity contribution in [3.05, 3.63) is 29.8 Å². The summed E-state index contributed by atoms with van der Waals surface area (Å²) in [6.07, 6.45) is 0. The topological polar surface area (TPSA) is 23.5 Å². The molecule has 0 spiro atoms. The maximum absolute atomic E-state index is 9.77. The molecule has 16 heavy (non-hydrogen) atoms. The van der Waals surface area contributed by atoms with Crippen molar-refractivity contribution in [1.29, 1.82) is 0 Å². The molecule has 2 nitrogen and oxygen atoms in total. The number of nitrogens with zero attached hydrogens (tertiary/aromatic N) is 1. The molecule has 0 atom stereocenters. The predicted octanol–water partition coefficient (Wildman–Crippen LogP) is 1.27. The molecule has 1 N–H and O–H groups in total. The minimum absolute atomic E-state index is 0.281. The Morgan fingerprint density at radius 1 is 1.25 bits per heavy atom. The van der Waals surface area contributed by atoms with Crippen LogP contribution >= 0.6 is 0 Å². The molecule has 0 radical (unpaired) electrons. The van der Waals surface area contributed by atoms with Crippen LogP contribution in [0.5, 0.6) is 0 Å². The summed E-state index contributed by atoms with van der Waals surface area (Å²) < 4.78 is 2.41. The number of benzene rings is 1. The van der Waals surface area contributed by atoms with E-state index in [1.165, 1.54) is 9.17 Å². The summed E-state index contributed by atoms with van der Waals surface area (Å²) in [5, 5.41) is 9.77. The first-order valence-electron chi connectivity index (χ1n) is 5.46. The summed E-state index contributed by atoms with van der Waals surface area (Å²) in [7, 11) is 4.18. The molecule has 0 bridgehead atoms. The van der Waals surface area contributed by atoms with Crippen LogP contribution < -0.4 is 3.61 Å². The summed E-state index contributed by atoms with van der Waals surface area (Å²) in [5.41, 5.74) is 0.896. The van der Waals surface area contributed by atoms with Crippen molar-refractivity contribution in [2.24, 2.45) is 0 Å². The van der Waals surface area contributed by atoms with E-state index in [-0.39, 0.29) is 20.9 Å². The van der Waals surface area contributed by atoms with Gasteiger partial charge in [0, 0.05) is 0 Å². The van der Waals surface area contributed by atoms with Crippen LogP contribution in [0.25, 0.3) is 0 Å². The second-order valence-electron chi connectivity index (χ2n) is 4.95. The average Bonchev–Trinajstić information content (AvgIpc) is 2.14. The second kappa shape index (κ2) is 6.02. The van der Waals surface area contributed by atoms with Crippen molar-refractivity contribution in [1.82, 2.24) is 4.90 Å². The van der Waals surface area contributed by atoms with Gasteiger partial charge in [0.05, 0.1) is 0 Å². The van der Waals surface area contributed by atoms with Gasteiger partial charge in [-0.05, 0) is 0 Å². The van der Waals surface area contributed by atoms with E-state index in [9.17, 15) is 5.11 Å². The van der Waals surface area contributed by atoms with E-state index < -0.39 is 5.60 Å². The SMILES string of the molecule is CN(C)Cc1ccccc1[Te]CC(C)(C)O. The number of aliphatic hydroxyl groups is 1. The number of rotatable bonds is 5. The van der Waals surface area contributed by atoms with Gasteiger partial charge in [-0.1, -0.05) is 0 Å². The molecular weight excluding hydrogens is 314 g/mol. The Kier molecular flexibility index (Phi) is 5.27. The van der Waals surface area contributed by atoms with Crippen molar-refractivity contribution >= 4 is 24.5 Å². The molecular formula is C13H21NOTe. The van der Waals surface area contributed by atoms with Crippen molar-refractivity contribution in [2.75, 3.05) is 14.1 Å². The Morgan fingerprint density at radius 3 is 2.44 bits per heavy atom. The first-order valence-corrected chi connectivity index (χ1v) is 8.27. The monoisotopic (exact) mass is 337 g/mol. The van der Waals surface area contributed by atoms with Gasteiger partial charge in [0.25, 0.3) is 0 Å². The molecule has 3 heteroatoms. The van der Waals surface area contributed by atoms with Gasteiger partial charge >= 0.3 is 109 Å². The summed E-state index contributed by atoms with van der Waals surface area (Å²) in [6.45, 7) is 4.78. The number of hydrogen-bond donors (Lipinski definition) is 1. The molecule has 0 aliphatic carbocycles. The molecule has 0 saturated carbocycles. The van der Waals surface area contributed by atoms with Crippen molar-refractivity contribution in [3.63, 3.8) is 0 Å². The van der Waals surface area contributed by atoms with Crippen LogP contribution in [0.3, 0.4) is 0 Å². The third kappa shape index (κ3) is 5.32. The van der Waals surface area contributed by atoms with E-state index in [1.807, 2.05) is 13.8 Å². The van der Waals surface area contributed by atoms with E-state index in [1.54, 1.807) is 0 Å². The van der Waals surface area contributed by atoms with Gasteiger partial charge in [0.1, 0.15) is 0 Å². The zero-order valence-corrected chi connectivity index (χ0v) is 12.9. The molecule has 0 unspecified atom stereocenters. The van der Waals surface area contributed by atoms with Crippen molar-refractivity contribution in [2.45, 2.75) is 30.5 Å². The van der Waals surface area contributed by atoms with Crippen LogP contribution in [0.4, 0.5) is 0 Å². The van der Waals surface area contributed by atoms with E-state index >= 15 is 0 Å². The first-order chi connectivity index (χ1) is 7.38. The minimum atomic E-state index is -0.520. The predicted molar refractivity (Wildman–Crippen MR) is 70.3 cm³/mol. The van der Waals surface area contributed by atoms with Crippen molar-refractivity contribution < 1.29 is 5.11 Å². The third-order valence-corrected chi connectivity index (χ3v) is 6.49. The molecule has 0 aromatic heterocycles. The Balaban J connectivity index is 2.71. The van der Waals surface area contributed by atoms with Gasteiger partial charge in [-0.3, -0.25) is 0 Å². The molecule has 0 heterocycles. The van der Waals surface area contributed by atoms with E-state index in [2.05, 4.69) is 43.3 Å². The molecule has 90 valence electrons. The summed E-state index contributed by atoms with van der Waals surface area (Å²) in [4.78, 5) is 2.19. The Labute approximate surface area is 109 Å². The van der Waals surface area contributed by atoms with E-state index in [0.717, 1.165) is 11.0 Å². The molecule has 0 amide bonds. The summed E-state index contributed by atoms with van der Waals surface area (Å²) in [6, 6.07) is 8.61. The van der Waals surface area contributed by atoms with Gasteiger partial charge in [-0.15, -0.1) is 0 Å². The van der Waals surface area contributed by atoms with Crippen LogP contribution in [0.1, 0.15) is 19.4 Å². The Morgan fingerprint density at radius 2 is 1.88 bits per heavy atom. The summed E-state index contributed by atoms with van der Waals surface area (Å²) >= 11 is -0.281. The van der Waals surface area contributed by atoms with Gasteiger partial charge in [0.2, 0.25) is 0 Å². The second-order valence-corrected chi connectivity index (χ2v) is 7.85.